The van der Waals surface area contributed by atoms with Gasteiger partial charge in [-0.2, -0.15) is 0 Å². The minimum absolute atomic E-state index is 0.107. The molecule has 0 bridgehead atoms. The monoisotopic (exact) mass is 288 g/mol. The molecule has 0 spiro atoms. The van der Waals surface area contributed by atoms with Crippen LogP contribution in [0, 0.1) is 0 Å². The Morgan fingerprint density at radius 3 is 1.95 bits per heavy atom. The Balaban J connectivity index is 2.01. The number of carbonyl (C=O) groups excluding carboxylic acids is 1. The highest BCUT2D eigenvalue weighted by molar-refractivity contribution is 5.94. The molecule has 0 saturated heterocycles. The summed E-state index contributed by atoms with van der Waals surface area (Å²) in [5.74, 6) is 0.107. The van der Waals surface area contributed by atoms with Gasteiger partial charge in [-0.3, -0.25) is 4.79 Å². The summed E-state index contributed by atoms with van der Waals surface area (Å²) in [6.07, 6.45) is 10.5. The van der Waals surface area contributed by atoms with Crippen molar-refractivity contribution in [3.8, 4) is 0 Å². The largest absolute Gasteiger partial charge is 0.295 e. The van der Waals surface area contributed by atoms with E-state index in [9.17, 15) is 4.79 Å². The molecule has 22 heavy (non-hydrogen) atoms. The molecule has 2 aromatic carbocycles. The maximum absolute atomic E-state index is 11.7. The summed E-state index contributed by atoms with van der Waals surface area (Å²) >= 11 is 0. The first-order valence-corrected chi connectivity index (χ1v) is 7.40. The van der Waals surface area contributed by atoms with Gasteiger partial charge in [0.1, 0.15) is 0 Å². The maximum Gasteiger partial charge on any atom is 0.156 e. The molecule has 2 aromatic rings. The number of hydrogen-bond acceptors (Lipinski definition) is 1. The Hall–Kier alpha value is -2.67. The van der Waals surface area contributed by atoms with Crippen LogP contribution in [0.3, 0.4) is 0 Å². The van der Waals surface area contributed by atoms with Crippen molar-refractivity contribution in [2.24, 2.45) is 0 Å². The van der Waals surface area contributed by atoms with Gasteiger partial charge >= 0.3 is 0 Å². The van der Waals surface area contributed by atoms with E-state index in [1.165, 1.54) is 0 Å². The second kappa shape index (κ2) is 8.58. The van der Waals surface area contributed by atoms with E-state index in [-0.39, 0.29) is 5.78 Å². The molecule has 0 saturated carbocycles. The average molecular weight is 288 g/mol. The summed E-state index contributed by atoms with van der Waals surface area (Å²) in [7, 11) is 0. The minimum Gasteiger partial charge on any atom is -0.295 e. The highest BCUT2D eigenvalue weighted by atomic mass is 16.1. The lowest BCUT2D eigenvalue weighted by Crippen LogP contribution is -1.94. The summed E-state index contributed by atoms with van der Waals surface area (Å²) in [4.78, 5) is 11.7. The van der Waals surface area contributed by atoms with Gasteiger partial charge in [-0.15, -0.1) is 0 Å². The highest BCUT2D eigenvalue weighted by Gasteiger charge is 1.99. The Bertz CT molecular complexity index is 676. The fourth-order valence-electron chi connectivity index (χ4n) is 2.05. The van der Waals surface area contributed by atoms with Gasteiger partial charge < -0.3 is 0 Å². The molecule has 1 nitrogen and oxygen atoms in total. The summed E-state index contributed by atoms with van der Waals surface area (Å²) in [6, 6.07) is 20.1. The van der Waals surface area contributed by atoms with Crippen LogP contribution in [-0.4, -0.2) is 5.78 Å². The Labute approximate surface area is 132 Å². The lowest BCUT2D eigenvalue weighted by Gasteiger charge is -1.98. The van der Waals surface area contributed by atoms with Crippen molar-refractivity contribution in [1.82, 2.24) is 0 Å². The summed E-state index contributed by atoms with van der Waals surface area (Å²) in [5.41, 5.74) is 3.08. The normalized spacial score (nSPS) is 12.1. The zero-order valence-electron chi connectivity index (χ0n) is 12.8. The molecule has 0 aliphatic carbocycles. The molecule has 0 atom stereocenters. The second-order valence-electron chi connectivity index (χ2n) is 5.04. The van der Waals surface area contributed by atoms with Gasteiger partial charge in [-0.1, -0.05) is 91.0 Å². The zero-order chi connectivity index (χ0) is 15.6. The number of hydrogen-bond donors (Lipinski definition) is 0. The van der Waals surface area contributed by atoms with Crippen LogP contribution >= 0.6 is 0 Å². The van der Waals surface area contributed by atoms with Gasteiger partial charge in [0.25, 0.3) is 0 Å². The third-order valence-electron chi connectivity index (χ3n) is 3.29. The Morgan fingerprint density at radius 2 is 1.41 bits per heavy atom. The number of rotatable bonds is 6. The van der Waals surface area contributed by atoms with E-state index in [4.69, 9.17) is 0 Å². The predicted octanol–water partition coefficient (Wildman–Crippen LogP) is 5.32. The molecule has 0 aromatic heterocycles. The maximum atomic E-state index is 11.7. The molecule has 0 N–H and O–H groups in total. The van der Waals surface area contributed by atoms with Crippen LogP contribution in [-0.2, 0) is 4.79 Å². The summed E-state index contributed by atoms with van der Waals surface area (Å²) < 4.78 is 0. The van der Waals surface area contributed by atoms with E-state index in [0.29, 0.717) is 6.42 Å². The van der Waals surface area contributed by atoms with Gasteiger partial charge in [-0.05, 0) is 30.0 Å². The van der Waals surface area contributed by atoms with E-state index in [1.807, 2.05) is 91.0 Å². The molecule has 0 radical (unpaired) electrons. The van der Waals surface area contributed by atoms with Gasteiger partial charge in [0.2, 0.25) is 0 Å². The van der Waals surface area contributed by atoms with Gasteiger partial charge in [-0.25, -0.2) is 0 Å². The van der Waals surface area contributed by atoms with Crippen molar-refractivity contribution in [3.63, 3.8) is 0 Å². The summed E-state index contributed by atoms with van der Waals surface area (Å²) in [6.45, 7) is 1.61. The lowest BCUT2D eigenvalue weighted by atomic mass is 10.1. The van der Waals surface area contributed by atoms with E-state index in [1.54, 1.807) is 6.92 Å². The third kappa shape index (κ3) is 5.37. The molecular weight excluding hydrogens is 268 g/mol. The molecule has 0 aliphatic rings. The number of benzene rings is 2. The molecule has 1 heteroatoms. The Kier molecular flexibility index (Phi) is 6.13. The third-order valence-corrected chi connectivity index (χ3v) is 3.29. The highest BCUT2D eigenvalue weighted by Crippen LogP contribution is 2.09. The number of allylic oxidation sites excluding steroid dienone is 4. The molecule has 0 heterocycles. The van der Waals surface area contributed by atoms with Crippen molar-refractivity contribution in [3.05, 3.63) is 95.6 Å². The number of carbonyl (C=O) groups is 1. The van der Waals surface area contributed by atoms with E-state index >= 15 is 0 Å². The van der Waals surface area contributed by atoms with Crippen molar-refractivity contribution in [2.75, 3.05) is 0 Å². The van der Waals surface area contributed by atoms with Gasteiger partial charge in [0.15, 0.2) is 5.78 Å². The van der Waals surface area contributed by atoms with Crippen molar-refractivity contribution >= 4 is 17.9 Å². The number of ketones is 1. The van der Waals surface area contributed by atoms with E-state index in [0.717, 1.165) is 16.7 Å². The van der Waals surface area contributed by atoms with Crippen molar-refractivity contribution in [1.29, 1.82) is 0 Å². The van der Waals surface area contributed by atoms with Crippen LogP contribution in [0.15, 0.2) is 84.5 Å². The first-order chi connectivity index (χ1) is 10.8. The second-order valence-corrected chi connectivity index (χ2v) is 5.04. The van der Waals surface area contributed by atoms with E-state index in [2.05, 4.69) is 0 Å². The predicted molar refractivity (Wildman–Crippen MR) is 94.3 cm³/mol. The van der Waals surface area contributed by atoms with E-state index < -0.39 is 0 Å². The quantitative estimate of drug-likeness (QED) is 0.519. The topological polar surface area (TPSA) is 17.1 Å². The van der Waals surface area contributed by atoms with Gasteiger partial charge in [0, 0.05) is 0 Å². The molecule has 0 aliphatic heterocycles. The zero-order valence-corrected chi connectivity index (χ0v) is 12.8. The van der Waals surface area contributed by atoms with Crippen LogP contribution in [0.2, 0.25) is 0 Å². The van der Waals surface area contributed by atoms with Crippen LogP contribution in [0.5, 0.6) is 0 Å². The fraction of sp³-hybridized carbons (Fsp3) is 0.0952. The molecule has 110 valence electrons. The molecule has 0 unspecified atom stereocenters. The first-order valence-electron chi connectivity index (χ1n) is 7.40. The first kappa shape index (κ1) is 15.7. The molecule has 0 amide bonds. The lowest BCUT2D eigenvalue weighted by molar-refractivity contribution is -0.113. The average Bonchev–Trinajstić information content (AvgIpc) is 2.55. The van der Waals surface area contributed by atoms with Crippen molar-refractivity contribution in [2.45, 2.75) is 13.3 Å². The fourth-order valence-corrected chi connectivity index (χ4v) is 2.05. The van der Waals surface area contributed by atoms with Crippen LogP contribution in [0.4, 0.5) is 0 Å². The molecular formula is C21H20O. The Morgan fingerprint density at radius 1 is 0.864 bits per heavy atom. The smallest absolute Gasteiger partial charge is 0.156 e. The molecule has 2 rings (SSSR count). The molecule has 0 fully saturated rings. The number of Topliss-reactive ketones (excluding diaryl/α,β-unsaturated/α-hetero) is 1. The minimum atomic E-state index is 0.107. The standard InChI is InChI=1S/C21H20O/c1-18(22)21(16-8-14-19-10-4-2-5-11-19)17-9-15-20-12-6-3-7-13-20/h2-16H,17H2,1H3/b14-8?,15-9+,21-16?. The summed E-state index contributed by atoms with van der Waals surface area (Å²) in [5, 5.41) is 0. The van der Waals surface area contributed by atoms with Gasteiger partial charge in [0.05, 0.1) is 0 Å². The van der Waals surface area contributed by atoms with Crippen molar-refractivity contribution < 1.29 is 4.79 Å². The van der Waals surface area contributed by atoms with Crippen LogP contribution < -0.4 is 0 Å². The SMILES string of the molecule is CC(=O)C(=CC=Cc1ccccc1)C/C=C/c1ccccc1. The van der Waals surface area contributed by atoms with Crippen LogP contribution in [0.1, 0.15) is 24.5 Å². The van der Waals surface area contributed by atoms with Crippen LogP contribution in [0.25, 0.3) is 12.2 Å².